The largest absolute Gasteiger partial charge is 0.393 e. The van der Waals surface area contributed by atoms with E-state index in [1.54, 1.807) is 6.20 Å². The second kappa shape index (κ2) is 5.06. The number of aliphatic hydroxyl groups is 1. The number of likely N-dealkylation sites (tertiary alicyclic amines) is 1. The van der Waals surface area contributed by atoms with Gasteiger partial charge in [-0.2, -0.15) is 5.26 Å². The van der Waals surface area contributed by atoms with Crippen LogP contribution >= 0.6 is 0 Å². The molecule has 2 heterocycles. The van der Waals surface area contributed by atoms with Crippen LogP contribution in [0.25, 0.3) is 0 Å². The van der Waals surface area contributed by atoms with Crippen molar-refractivity contribution >= 4 is 0 Å². The number of piperidine rings is 1. The van der Waals surface area contributed by atoms with Gasteiger partial charge in [-0.25, -0.2) is 0 Å². The lowest BCUT2D eigenvalue weighted by atomic mass is 10.0. The third-order valence-electron chi connectivity index (χ3n) is 2.95. The summed E-state index contributed by atoms with van der Waals surface area (Å²) in [6.07, 6.45) is 2.98. The number of hydrogen-bond donors (Lipinski definition) is 1. The fourth-order valence-corrected chi connectivity index (χ4v) is 2.02. The van der Waals surface area contributed by atoms with Crippen LogP contribution in [0.4, 0.5) is 0 Å². The van der Waals surface area contributed by atoms with Crippen molar-refractivity contribution in [2.75, 3.05) is 13.1 Å². The first-order chi connectivity index (χ1) is 7.81. The topological polar surface area (TPSA) is 60.2 Å². The zero-order valence-electron chi connectivity index (χ0n) is 9.08. The molecule has 16 heavy (non-hydrogen) atoms. The maximum Gasteiger partial charge on any atom is 0.140 e. The lowest BCUT2D eigenvalue weighted by molar-refractivity contribution is 0.0709. The van der Waals surface area contributed by atoms with Crippen LogP contribution in [0.2, 0.25) is 0 Å². The Kier molecular flexibility index (Phi) is 3.50. The minimum absolute atomic E-state index is 0.209. The van der Waals surface area contributed by atoms with Crippen LogP contribution in [0, 0.1) is 11.3 Å². The van der Waals surface area contributed by atoms with Crippen molar-refractivity contribution in [3.8, 4) is 6.07 Å². The Hall–Kier alpha value is -1.44. The molecule has 0 amide bonds. The standard InChI is InChI=1S/C12H15N3O/c13-9-12(11-3-1-2-6-14-11)15-7-4-10(16)5-8-15/h1-3,6,10,12,16H,4-5,7-8H2. The molecule has 1 aromatic heterocycles. The molecule has 0 aromatic carbocycles. The van der Waals surface area contributed by atoms with E-state index in [0.29, 0.717) is 0 Å². The summed E-state index contributed by atoms with van der Waals surface area (Å²) in [5.41, 5.74) is 0.793. The summed E-state index contributed by atoms with van der Waals surface area (Å²) in [7, 11) is 0. The third kappa shape index (κ3) is 2.38. The van der Waals surface area contributed by atoms with E-state index in [9.17, 15) is 10.4 Å². The van der Waals surface area contributed by atoms with Crippen molar-refractivity contribution in [1.29, 1.82) is 5.26 Å². The van der Waals surface area contributed by atoms with Crippen LogP contribution < -0.4 is 0 Å². The molecular formula is C12H15N3O. The first-order valence-electron chi connectivity index (χ1n) is 5.54. The first kappa shape index (κ1) is 11.1. The Bertz CT molecular complexity index is 366. The van der Waals surface area contributed by atoms with E-state index in [4.69, 9.17) is 0 Å². The van der Waals surface area contributed by atoms with Crippen LogP contribution in [-0.2, 0) is 0 Å². The summed E-state index contributed by atoms with van der Waals surface area (Å²) in [6, 6.07) is 7.61. The Labute approximate surface area is 95.1 Å². The Morgan fingerprint density at radius 2 is 2.19 bits per heavy atom. The monoisotopic (exact) mass is 217 g/mol. The molecule has 1 atom stereocenters. The molecule has 1 saturated heterocycles. The molecule has 0 radical (unpaired) electrons. The molecule has 0 bridgehead atoms. The SMILES string of the molecule is N#CC(c1ccccn1)N1CCC(O)CC1. The second-order valence-corrected chi connectivity index (χ2v) is 4.05. The summed E-state index contributed by atoms with van der Waals surface area (Å²) in [6.45, 7) is 1.52. The van der Waals surface area contributed by atoms with Gasteiger partial charge in [0.2, 0.25) is 0 Å². The van der Waals surface area contributed by atoms with E-state index in [1.807, 2.05) is 18.2 Å². The number of pyridine rings is 1. The number of rotatable bonds is 2. The predicted octanol–water partition coefficient (Wildman–Crippen LogP) is 1.10. The smallest absolute Gasteiger partial charge is 0.140 e. The molecule has 0 spiro atoms. The van der Waals surface area contributed by atoms with Gasteiger partial charge >= 0.3 is 0 Å². The highest BCUT2D eigenvalue weighted by molar-refractivity contribution is 5.16. The van der Waals surface area contributed by atoms with Gasteiger partial charge in [0.1, 0.15) is 6.04 Å². The Balaban J connectivity index is 2.09. The van der Waals surface area contributed by atoms with Gasteiger partial charge in [0.15, 0.2) is 0 Å². The van der Waals surface area contributed by atoms with E-state index >= 15 is 0 Å². The molecule has 1 aromatic rings. The van der Waals surface area contributed by atoms with Gasteiger partial charge in [0, 0.05) is 19.3 Å². The average molecular weight is 217 g/mol. The summed E-state index contributed by atoms with van der Waals surface area (Å²) >= 11 is 0. The molecule has 2 rings (SSSR count). The second-order valence-electron chi connectivity index (χ2n) is 4.05. The highest BCUT2D eigenvalue weighted by atomic mass is 16.3. The predicted molar refractivity (Wildman–Crippen MR) is 59.4 cm³/mol. The van der Waals surface area contributed by atoms with E-state index in [0.717, 1.165) is 31.6 Å². The zero-order chi connectivity index (χ0) is 11.4. The highest BCUT2D eigenvalue weighted by Gasteiger charge is 2.25. The van der Waals surface area contributed by atoms with E-state index in [2.05, 4.69) is 16.0 Å². The molecule has 1 aliphatic heterocycles. The maximum absolute atomic E-state index is 9.43. The van der Waals surface area contributed by atoms with Gasteiger partial charge in [-0.3, -0.25) is 9.88 Å². The minimum Gasteiger partial charge on any atom is -0.393 e. The molecule has 0 saturated carbocycles. The van der Waals surface area contributed by atoms with Crippen molar-refractivity contribution in [2.24, 2.45) is 0 Å². The van der Waals surface area contributed by atoms with E-state index in [1.165, 1.54) is 0 Å². The van der Waals surface area contributed by atoms with Crippen molar-refractivity contribution in [3.63, 3.8) is 0 Å². The Morgan fingerprint density at radius 1 is 1.44 bits per heavy atom. The van der Waals surface area contributed by atoms with Gasteiger partial charge in [-0.15, -0.1) is 0 Å². The van der Waals surface area contributed by atoms with Crippen molar-refractivity contribution in [2.45, 2.75) is 25.0 Å². The van der Waals surface area contributed by atoms with Crippen LogP contribution in [0.1, 0.15) is 24.6 Å². The molecule has 1 aliphatic rings. The zero-order valence-corrected chi connectivity index (χ0v) is 9.08. The molecule has 1 fully saturated rings. The van der Waals surface area contributed by atoms with Crippen molar-refractivity contribution < 1.29 is 5.11 Å². The average Bonchev–Trinajstić information content (AvgIpc) is 2.34. The van der Waals surface area contributed by atoms with E-state index < -0.39 is 0 Å². The fraction of sp³-hybridized carbons (Fsp3) is 0.500. The van der Waals surface area contributed by atoms with Crippen LogP contribution in [0.15, 0.2) is 24.4 Å². The summed E-state index contributed by atoms with van der Waals surface area (Å²) in [5, 5.41) is 18.6. The van der Waals surface area contributed by atoms with Crippen LogP contribution in [0.3, 0.4) is 0 Å². The lowest BCUT2D eigenvalue weighted by Gasteiger charge is -2.32. The van der Waals surface area contributed by atoms with Gasteiger partial charge in [-0.1, -0.05) is 6.07 Å². The van der Waals surface area contributed by atoms with Crippen molar-refractivity contribution in [3.05, 3.63) is 30.1 Å². The fourth-order valence-electron chi connectivity index (χ4n) is 2.02. The molecule has 1 N–H and O–H groups in total. The van der Waals surface area contributed by atoms with Gasteiger partial charge in [0.05, 0.1) is 17.9 Å². The molecule has 1 unspecified atom stereocenters. The van der Waals surface area contributed by atoms with Crippen LogP contribution in [0.5, 0.6) is 0 Å². The molecule has 0 aliphatic carbocycles. The number of nitrogens with zero attached hydrogens (tertiary/aromatic N) is 3. The first-order valence-corrected chi connectivity index (χ1v) is 5.54. The quantitative estimate of drug-likeness (QED) is 0.806. The number of aliphatic hydroxyl groups excluding tert-OH is 1. The lowest BCUT2D eigenvalue weighted by Crippen LogP contribution is -2.38. The van der Waals surface area contributed by atoms with E-state index in [-0.39, 0.29) is 12.1 Å². The number of aromatic nitrogens is 1. The highest BCUT2D eigenvalue weighted by Crippen LogP contribution is 2.22. The number of hydrogen-bond acceptors (Lipinski definition) is 4. The third-order valence-corrected chi connectivity index (χ3v) is 2.95. The van der Waals surface area contributed by atoms with Gasteiger partial charge in [-0.05, 0) is 25.0 Å². The normalized spacial score (nSPS) is 20.2. The molecule has 4 nitrogen and oxygen atoms in total. The number of nitriles is 1. The maximum atomic E-state index is 9.43. The van der Waals surface area contributed by atoms with Gasteiger partial charge in [0.25, 0.3) is 0 Å². The summed E-state index contributed by atoms with van der Waals surface area (Å²) in [4.78, 5) is 6.30. The van der Waals surface area contributed by atoms with Gasteiger partial charge < -0.3 is 5.11 Å². The molecular weight excluding hydrogens is 202 g/mol. The minimum atomic E-state index is -0.284. The summed E-state index contributed by atoms with van der Waals surface area (Å²) < 4.78 is 0. The molecule has 84 valence electrons. The summed E-state index contributed by atoms with van der Waals surface area (Å²) in [5.74, 6) is 0. The molecule has 4 heteroatoms. The van der Waals surface area contributed by atoms with Crippen molar-refractivity contribution in [1.82, 2.24) is 9.88 Å². The van der Waals surface area contributed by atoms with Crippen LogP contribution in [-0.4, -0.2) is 34.2 Å². The Morgan fingerprint density at radius 3 is 2.75 bits per heavy atom.